The molecule has 0 bridgehead atoms. The number of fused-ring (bicyclic) bond motifs is 1. The van der Waals surface area contributed by atoms with Gasteiger partial charge in [0.2, 0.25) is 0 Å². The van der Waals surface area contributed by atoms with Gasteiger partial charge >= 0.3 is 0 Å². The predicted molar refractivity (Wildman–Crippen MR) is 81.5 cm³/mol. The number of carbonyl (C=O) groups excluding carboxylic acids is 1. The van der Waals surface area contributed by atoms with Crippen LogP contribution in [0.25, 0.3) is 21.2 Å². The summed E-state index contributed by atoms with van der Waals surface area (Å²) in [5.41, 5.74) is 14.2. The normalized spacial score (nSPS) is 10.8. The summed E-state index contributed by atoms with van der Waals surface area (Å²) in [7, 11) is 0. The monoisotopic (exact) mass is 283 g/mol. The van der Waals surface area contributed by atoms with Crippen molar-refractivity contribution in [2.24, 2.45) is 11.5 Å². The lowest BCUT2D eigenvalue weighted by Crippen LogP contribution is -2.08. The van der Waals surface area contributed by atoms with Gasteiger partial charge in [0.05, 0.1) is 9.58 Å². The SMILES string of the molecule is NCc1ccccc1-c1cncc2sc(C(N)=O)cc12. The smallest absolute Gasteiger partial charge is 0.258 e. The zero-order valence-electron chi connectivity index (χ0n) is 10.7. The molecule has 1 amide bonds. The molecule has 0 atom stereocenters. The van der Waals surface area contributed by atoms with Crippen LogP contribution in [0.1, 0.15) is 15.2 Å². The quantitative estimate of drug-likeness (QED) is 0.775. The van der Waals surface area contributed by atoms with Crippen molar-refractivity contribution >= 4 is 27.3 Å². The van der Waals surface area contributed by atoms with Crippen LogP contribution in [0.2, 0.25) is 0 Å². The van der Waals surface area contributed by atoms with Gasteiger partial charge in [-0.05, 0) is 17.2 Å². The number of nitrogens with two attached hydrogens (primary N) is 2. The summed E-state index contributed by atoms with van der Waals surface area (Å²) in [4.78, 5) is 16.1. The molecule has 0 saturated heterocycles. The molecule has 20 heavy (non-hydrogen) atoms. The topological polar surface area (TPSA) is 82.0 Å². The molecule has 0 saturated carbocycles. The van der Waals surface area contributed by atoms with Crippen molar-refractivity contribution in [2.75, 3.05) is 0 Å². The maximum absolute atomic E-state index is 11.3. The van der Waals surface area contributed by atoms with Gasteiger partial charge in [0.15, 0.2) is 0 Å². The average Bonchev–Trinajstić information content (AvgIpc) is 2.91. The fourth-order valence-corrected chi connectivity index (χ4v) is 3.16. The minimum atomic E-state index is -0.413. The first-order valence-electron chi connectivity index (χ1n) is 6.16. The Labute approximate surface area is 120 Å². The van der Waals surface area contributed by atoms with Crippen molar-refractivity contribution in [1.29, 1.82) is 0 Å². The average molecular weight is 283 g/mol. The molecule has 0 aliphatic rings. The van der Waals surface area contributed by atoms with Crippen LogP contribution in [0, 0.1) is 0 Å². The molecule has 1 aromatic carbocycles. The number of nitrogens with zero attached hydrogens (tertiary/aromatic N) is 1. The highest BCUT2D eigenvalue weighted by molar-refractivity contribution is 7.20. The summed E-state index contributed by atoms with van der Waals surface area (Å²) in [5, 5.41) is 0.986. The Morgan fingerprint density at radius 1 is 1.20 bits per heavy atom. The van der Waals surface area contributed by atoms with E-state index < -0.39 is 5.91 Å². The Bertz CT molecular complexity index is 795. The summed E-state index contributed by atoms with van der Waals surface area (Å²) in [5.74, 6) is -0.413. The van der Waals surface area contributed by atoms with Gasteiger partial charge < -0.3 is 11.5 Å². The lowest BCUT2D eigenvalue weighted by molar-refractivity contribution is 0.100. The predicted octanol–water partition coefficient (Wildman–Crippen LogP) is 2.52. The van der Waals surface area contributed by atoms with Crippen molar-refractivity contribution in [3.8, 4) is 11.1 Å². The third kappa shape index (κ3) is 2.07. The maximum Gasteiger partial charge on any atom is 0.258 e. The Morgan fingerprint density at radius 3 is 2.75 bits per heavy atom. The second-order valence-electron chi connectivity index (χ2n) is 4.44. The van der Waals surface area contributed by atoms with E-state index in [0.29, 0.717) is 11.4 Å². The Kier molecular flexibility index (Phi) is 3.22. The second-order valence-corrected chi connectivity index (χ2v) is 5.52. The minimum Gasteiger partial charge on any atom is -0.365 e. The lowest BCUT2D eigenvalue weighted by Gasteiger charge is -2.08. The van der Waals surface area contributed by atoms with Gasteiger partial charge in [-0.1, -0.05) is 24.3 Å². The van der Waals surface area contributed by atoms with E-state index in [1.54, 1.807) is 12.4 Å². The number of rotatable bonds is 3. The van der Waals surface area contributed by atoms with Gasteiger partial charge in [-0.15, -0.1) is 11.3 Å². The molecule has 5 heteroatoms. The molecule has 2 heterocycles. The number of benzene rings is 1. The van der Waals surface area contributed by atoms with E-state index in [9.17, 15) is 4.79 Å². The highest BCUT2D eigenvalue weighted by Gasteiger charge is 2.13. The first-order valence-corrected chi connectivity index (χ1v) is 6.98. The first kappa shape index (κ1) is 12.8. The van der Waals surface area contributed by atoms with Crippen molar-refractivity contribution < 1.29 is 4.79 Å². The zero-order chi connectivity index (χ0) is 14.1. The third-order valence-corrected chi connectivity index (χ3v) is 4.30. The van der Waals surface area contributed by atoms with Gasteiger partial charge in [-0.25, -0.2) is 0 Å². The fraction of sp³-hybridized carbons (Fsp3) is 0.0667. The highest BCUT2D eigenvalue weighted by atomic mass is 32.1. The number of hydrogen-bond donors (Lipinski definition) is 2. The first-order chi connectivity index (χ1) is 9.70. The van der Waals surface area contributed by atoms with Gasteiger partial charge in [0, 0.05) is 29.9 Å². The van der Waals surface area contributed by atoms with Crippen LogP contribution in [-0.4, -0.2) is 10.9 Å². The Balaban J connectivity index is 2.28. The number of amides is 1. The minimum absolute atomic E-state index is 0.413. The number of aromatic nitrogens is 1. The number of primary amides is 1. The summed E-state index contributed by atoms with van der Waals surface area (Å²) >= 11 is 1.36. The van der Waals surface area contributed by atoms with Crippen LogP contribution in [0.5, 0.6) is 0 Å². The lowest BCUT2D eigenvalue weighted by atomic mass is 9.99. The van der Waals surface area contributed by atoms with E-state index in [2.05, 4.69) is 4.98 Å². The molecule has 0 radical (unpaired) electrons. The number of carbonyl (C=O) groups is 1. The van der Waals surface area contributed by atoms with Crippen LogP contribution in [0.3, 0.4) is 0 Å². The van der Waals surface area contributed by atoms with Gasteiger partial charge in [0.25, 0.3) is 5.91 Å². The number of thiophene rings is 1. The van der Waals surface area contributed by atoms with Crippen LogP contribution in [0.4, 0.5) is 0 Å². The number of hydrogen-bond acceptors (Lipinski definition) is 4. The summed E-state index contributed by atoms with van der Waals surface area (Å²) < 4.78 is 0.947. The van der Waals surface area contributed by atoms with E-state index in [1.807, 2.05) is 30.3 Å². The van der Waals surface area contributed by atoms with Gasteiger partial charge in [-0.3, -0.25) is 9.78 Å². The van der Waals surface area contributed by atoms with Crippen LogP contribution >= 0.6 is 11.3 Å². The molecule has 3 aromatic rings. The van der Waals surface area contributed by atoms with Crippen LogP contribution in [-0.2, 0) is 6.54 Å². The van der Waals surface area contributed by atoms with E-state index in [4.69, 9.17) is 11.5 Å². The molecule has 4 nitrogen and oxygen atoms in total. The molecule has 4 N–H and O–H groups in total. The van der Waals surface area contributed by atoms with E-state index >= 15 is 0 Å². The Morgan fingerprint density at radius 2 is 2.00 bits per heavy atom. The van der Waals surface area contributed by atoms with Crippen molar-refractivity contribution in [3.05, 3.63) is 53.2 Å². The molecule has 0 unspecified atom stereocenters. The largest absolute Gasteiger partial charge is 0.365 e. The zero-order valence-corrected chi connectivity index (χ0v) is 11.5. The summed E-state index contributed by atoms with van der Waals surface area (Å²) in [6.07, 6.45) is 3.55. The van der Waals surface area contributed by atoms with E-state index in [-0.39, 0.29) is 0 Å². The molecule has 0 aliphatic heterocycles. The third-order valence-electron chi connectivity index (χ3n) is 3.22. The molecule has 100 valence electrons. The van der Waals surface area contributed by atoms with Crippen LogP contribution < -0.4 is 11.5 Å². The van der Waals surface area contributed by atoms with E-state index in [1.165, 1.54) is 11.3 Å². The molecule has 2 aromatic heterocycles. The molecule has 0 fully saturated rings. The summed E-state index contributed by atoms with van der Waals surface area (Å²) in [6, 6.07) is 9.76. The van der Waals surface area contributed by atoms with Gasteiger partial charge in [-0.2, -0.15) is 0 Å². The molecule has 0 aliphatic carbocycles. The number of pyridine rings is 1. The van der Waals surface area contributed by atoms with E-state index in [0.717, 1.165) is 26.8 Å². The highest BCUT2D eigenvalue weighted by Crippen LogP contribution is 2.34. The molecule has 3 rings (SSSR count). The standard InChI is InChI=1S/C15H13N3OS/c16-6-9-3-1-2-4-10(9)12-7-18-8-14-11(12)5-13(20-14)15(17)19/h1-5,7-8H,6,16H2,(H2,17,19). The second kappa shape index (κ2) is 5.03. The maximum atomic E-state index is 11.3. The fourth-order valence-electron chi connectivity index (χ4n) is 2.26. The molecular formula is C15H13N3OS. The molecular weight excluding hydrogens is 270 g/mol. The van der Waals surface area contributed by atoms with Crippen molar-refractivity contribution in [1.82, 2.24) is 4.98 Å². The Hall–Kier alpha value is -2.24. The van der Waals surface area contributed by atoms with Crippen molar-refractivity contribution in [3.63, 3.8) is 0 Å². The van der Waals surface area contributed by atoms with Crippen LogP contribution in [0.15, 0.2) is 42.7 Å². The van der Waals surface area contributed by atoms with Crippen molar-refractivity contribution in [2.45, 2.75) is 6.54 Å². The van der Waals surface area contributed by atoms with Gasteiger partial charge in [0.1, 0.15) is 0 Å². The molecule has 0 spiro atoms. The summed E-state index contributed by atoms with van der Waals surface area (Å²) in [6.45, 7) is 0.458.